The second-order valence-corrected chi connectivity index (χ2v) is 4.59. The first kappa shape index (κ1) is 13.6. The minimum atomic E-state index is -0.391. The highest BCUT2D eigenvalue weighted by atomic mass is 16.5. The predicted octanol–water partition coefficient (Wildman–Crippen LogP) is 2.25. The average Bonchev–Trinajstić information content (AvgIpc) is 2.42. The van der Waals surface area contributed by atoms with Crippen LogP contribution in [0.3, 0.4) is 0 Å². The number of esters is 1. The molecule has 2 rings (SSSR count). The van der Waals surface area contributed by atoms with Crippen molar-refractivity contribution in [1.29, 1.82) is 0 Å². The van der Waals surface area contributed by atoms with Crippen molar-refractivity contribution in [2.75, 3.05) is 13.7 Å². The molecule has 0 aliphatic heterocycles. The van der Waals surface area contributed by atoms with Gasteiger partial charge in [-0.2, -0.15) is 0 Å². The third-order valence-corrected chi connectivity index (χ3v) is 3.43. The summed E-state index contributed by atoms with van der Waals surface area (Å²) in [5.74, 6) is 0.102. The van der Waals surface area contributed by atoms with Crippen LogP contribution < -0.4 is 4.74 Å². The Balaban J connectivity index is 2.28. The van der Waals surface area contributed by atoms with E-state index in [0.29, 0.717) is 18.8 Å². The SMILES string of the molecule is CCOC(=O)CC1C(=O)CCc2ccc(OC)cc21. The summed E-state index contributed by atoms with van der Waals surface area (Å²) in [6.45, 7) is 2.10. The van der Waals surface area contributed by atoms with Crippen LogP contribution in [0.1, 0.15) is 36.8 Å². The highest BCUT2D eigenvalue weighted by Crippen LogP contribution is 2.34. The van der Waals surface area contributed by atoms with Gasteiger partial charge in [0.05, 0.1) is 26.1 Å². The quantitative estimate of drug-likeness (QED) is 0.781. The minimum Gasteiger partial charge on any atom is -0.497 e. The van der Waals surface area contributed by atoms with E-state index >= 15 is 0 Å². The maximum atomic E-state index is 12.0. The summed E-state index contributed by atoms with van der Waals surface area (Å²) in [6, 6.07) is 5.71. The third-order valence-electron chi connectivity index (χ3n) is 3.43. The van der Waals surface area contributed by atoms with Crippen molar-refractivity contribution >= 4 is 11.8 Å². The van der Waals surface area contributed by atoms with Gasteiger partial charge in [0.25, 0.3) is 0 Å². The van der Waals surface area contributed by atoms with Crippen LogP contribution >= 0.6 is 0 Å². The summed E-state index contributed by atoms with van der Waals surface area (Å²) in [6.07, 6.45) is 1.34. The highest BCUT2D eigenvalue weighted by molar-refractivity contribution is 5.91. The maximum Gasteiger partial charge on any atom is 0.306 e. The van der Waals surface area contributed by atoms with E-state index < -0.39 is 5.92 Å². The minimum absolute atomic E-state index is 0.105. The topological polar surface area (TPSA) is 52.6 Å². The molecule has 0 heterocycles. The number of ether oxygens (including phenoxy) is 2. The number of hydrogen-bond acceptors (Lipinski definition) is 4. The van der Waals surface area contributed by atoms with Gasteiger partial charge in [0.1, 0.15) is 11.5 Å². The lowest BCUT2D eigenvalue weighted by molar-refractivity contribution is -0.145. The molecular weight excluding hydrogens is 244 g/mol. The molecule has 1 aliphatic rings. The molecule has 1 aliphatic carbocycles. The number of aryl methyl sites for hydroxylation is 1. The van der Waals surface area contributed by atoms with Crippen molar-refractivity contribution in [3.8, 4) is 5.75 Å². The Hall–Kier alpha value is -1.84. The van der Waals surface area contributed by atoms with Gasteiger partial charge in [-0.3, -0.25) is 9.59 Å². The zero-order valence-electron chi connectivity index (χ0n) is 11.3. The Bertz CT molecular complexity index is 493. The van der Waals surface area contributed by atoms with Crippen molar-refractivity contribution in [2.24, 2.45) is 0 Å². The van der Waals surface area contributed by atoms with Gasteiger partial charge in [0.2, 0.25) is 0 Å². The number of hydrogen-bond donors (Lipinski definition) is 0. The van der Waals surface area contributed by atoms with Crippen LogP contribution in [0.2, 0.25) is 0 Å². The van der Waals surface area contributed by atoms with Gasteiger partial charge in [0, 0.05) is 6.42 Å². The number of methoxy groups -OCH3 is 1. The molecule has 1 unspecified atom stereocenters. The molecular formula is C15H18O4. The number of ketones is 1. The number of fused-ring (bicyclic) bond motifs is 1. The summed E-state index contributed by atoms with van der Waals surface area (Å²) in [5, 5.41) is 0. The molecule has 1 aromatic carbocycles. The van der Waals surface area contributed by atoms with E-state index in [1.54, 1.807) is 14.0 Å². The molecule has 0 saturated carbocycles. The second kappa shape index (κ2) is 5.87. The number of carbonyl (C=O) groups excluding carboxylic acids is 2. The zero-order chi connectivity index (χ0) is 13.8. The number of Topliss-reactive ketones (excluding diaryl/α,β-unsaturated/α-hetero) is 1. The van der Waals surface area contributed by atoms with Crippen molar-refractivity contribution < 1.29 is 19.1 Å². The van der Waals surface area contributed by atoms with Gasteiger partial charge in [-0.1, -0.05) is 6.07 Å². The molecule has 0 saturated heterocycles. The number of carbonyl (C=O) groups is 2. The maximum absolute atomic E-state index is 12.0. The van der Waals surface area contributed by atoms with Crippen LogP contribution in [0.5, 0.6) is 5.75 Å². The lowest BCUT2D eigenvalue weighted by Crippen LogP contribution is -2.24. The highest BCUT2D eigenvalue weighted by Gasteiger charge is 2.30. The first-order valence-electron chi connectivity index (χ1n) is 6.50. The van der Waals surface area contributed by atoms with Gasteiger partial charge >= 0.3 is 5.97 Å². The lowest BCUT2D eigenvalue weighted by atomic mass is 9.80. The fourth-order valence-corrected chi connectivity index (χ4v) is 2.47. The summed E-state index contributed by atoms with van der Waals surface area (Å²) in [7, 11) is 1.59. The van der Waals surface area contributed by atoms with Crippen molar-refractivity contribution in [2.45, 2.75) is 32.1 Å². The predicted molar refractivity (Wildman–Crippen MR) is 70.3 cm³/mol. The van der Waals surface area contributed by atoms with Crippen LogP contribution in [0, 0.1) is 0 Å². The Kier molecular flexibility index (Phi) is 4.20. The van der Waals surface area contributed by atoms with Crippen LogP contribution in [0.25, 0.3) is 0 Å². The second-order valence-electron chi connectivity index (χ2n) is 4.59. The lowest BCUT2D eigenvalue weighted by Gasteiger charge is -2.24. The van der Waals surface area contributed by atoms with Crippen LogP contribution in [0.4, 0.5) is 0 Å². The fourth-order valence-electron chi connectivity index (χ4n) is 2.47. The van der Waals surface area contributed by atoms with E-state index in [1.165, 1.54) is 0 Å². The average molecular weight is 262 g/mol. The van der Waals surface area contributed by atoms with E-state index in [1.807, 2.05) is 18.2 Å². The molecule has 0 N–H and O–H groups in total. The van der Waals surface area contributed by atoms with Crippen LogP contribution in [-0.2, 0) is 20.7 Å². The Labute approximate surface area is 112 Å². The van der Waals surface area contributed by atoms with E-state index in [4.69, 9.17) is 9.47 Å². The van der Waals surface area contributed by atoms with Crippen molar-refractivity contribution in [3.63, 3.8) is 0 Å². The summed E-state index contributed by atoms with van der Waals surface area (Å²) < 4.78 is 10.1. The van der Waals surface area contributed by atoms with E-state index in [2.05, 4.69) is 0 Å². The summed E-state index contributed by atoms with van der Waals surface area (Å²) >= 11 is 0. The van der Waals surface area contributed by atoms with Crippen molar-refractivity contribution in [1.82, 2.24) is 0 Å². The molecule has 4 heteroatoms. The van der Waals surface area contributed by atoms with E-state index in [0.717, 1.165) is 17.5 Å². The Morgan fingerprint density at radius 1 is 1.37 bits per heavy atom. The summed E-state index contributed by atoms with van der Waals surface area (Å²) in [5.41, 5.74) is 2.03. The van der Waals surface area contributed by atoms with Gasteiger partial charge in [0.15, 0.2) is 0 Å². The molecule has 0 spiro atoms. The zero-order valence-corrected chi connectivity index (χ0v) is 11.3. The normalized spacial score (nSPS) is 17.8. The number of benzene rings is 1. The summed E-state index contributed by atoms with van der Waals surface area (Å²) in [4.78, 5) is 23.7. The first-order chi connectivity index (χ1) is 9.15. The van der Waals surface area contributed by atoms with E-state index in [9.17, 15) is 9.59 Å². The molecule has 0 bridgehead atoms. The van der Waals surface area contributed by atoms with Crippen molar-refractivity contribution in [3.05, 3.63) is 29.3 Å². The molecule has 19 heavy (non-hydrogen) atoms. The smallest absolute Gasteiger partial charge is 0.306 e. The molecule has 0 aromatic heterocycles. The monoisotopic (exact) mass is 262 g/mol. The fraction of sp³-hybridized carbons (Fsp3) is 0.467. The first-order valence-corrected chi connectivity index (χ1v) is 6.50. The Morgan fingerprint density at radius 2 is 2.16 bits per heavy atom. The number of rotatable bonds is 4. The van der Waals surface area contributed by atoms with E-state index in [-0.39, 0.29) is 18.2 Å². The van der Waals surface area contributed by atoms with Gasteiger partial charge in [-0.05, 0) is 36.6 Å². The molecule has 0 radical (unpaired) electrons. The largest absolute Gasteiger partial charge is 0.497 e. The molecule has 0 fully saturated rings. The van der Waals surface area contributed by atoms with Gasteiger partial charge < -0.3 is 9.47 Å². The third kappa shape index (κ3) is 2.95. The van der Waals surface area contributed by atoms with Crippen LogP contribution in [0.15, 0.2) is 18.2 Å². The van der Waals surface area contributed by atoms with Gasteiger partial charge in [-0.15, -0.1) is 0 Å². The molecule has 102 valence electrons. The van der Waals surface area contributed by atoms with Crippen LogP contribution in [-0.4, -0.2) is 25.5 Å². The molecule has 0 amide bonds. The molecule has 1 aromatic rings. The molecule has 4 nitrogen and oxygen atoms in total. The Morgan fingerprint density at radius 3 is 2.84 bits per heavy atom. The molecule has 1 atom stereocenters. The van der Waals surface area contributed by atoms with Gasteiger partial charge in [-0.25, -0.2) is 0 Å². The standard InChI is InChI=1S/C15H18O4/c1-3-19-15(17)9-13-12-8-11(18-2)6-4-10(12)5-7-14(13)16/h4,6,8,13H,3,5,7,9H2,1-2H3.